The Morgan fingerprint density at radius 3 is 1.23 bits per heavy atom. The highest BCUT2D eigenvalue weighted by Gasteiger charge is 2.59. The molecule has 0 heterocycles. The number of hydrogen-bond donors (Lipinski definition) is 4. The third kappa shape index (κ3) is 22.5. The lowest BCUT2D eigenvalue weighted by Gasteiger charge is -2.25. The van der Waals surface area contributed by atoms with Gasteiger partial charge in [-0.05, 0) is 91.5 Å². The summed E-state index contributed by atoms with van der Waals surface area (Å²) in [5.41, 5.74) is 4.64. The fourth-order valence-electron chi connectivity index (χ4n) is 6.33. The first-order valence-corrected chi connectivity index (χ1v) is 19.8. The summed E-state index contributed by atoms with van der Waals surface area (Å²) >= 11 is 0. The fourth-order valence-corrected chi connectivity index (χ4v) is 6.33. The van der Waals surface area contributed by atoms with Gasteiger partial charge in [0.1, 0.15) is 18.8 Å². The molecule has 356 valence electrons. The van der Waals surface area contributed by atoms with Gasteiger partial charge in [-0.15, -0.1) is 0 Å². The van der Waals surface area contributed by atoms with E-state index in [1.807, 2.05) is 0 Å². The van der Waals surface area contributed by atoms with E-state index in [0.717, 1.165) is 25.7 Å². The summed E-state index contributed by atoms with van der Waals surface area (Å²) in [7, 11) is 0. The van der Waals surface area contributed by atoms with Crippen molar-refractivity contribution in [3.63, 3.8) is 0 Å². The van der Waals surface area contributed by atoms with Crippen LogP contribution in [0.1, 0.15) is 111 Å². The lowest BCUT2D eigenvalue weighted by molar-refractivity contribution is -0.320. The molecule has 5 N–H and O–H groups in total. The molecule has 0 unspecified atom stereocenters. The molecule has 2 fully saturated rings. The molecule has 2 aliphatic carbocycles. The number of ketones is 2. The minimum Gasteiger partial charge on any atom is -0.444 e. The smallest absolute Gasteiger partial charge is 0.423 e. The van der Waals surface area contributed by atoms with Gasteiger partial charge in [0, 0.05) is 18.4 Å². The zero-order valence-corrected chi connectivity index (χ0v) is 34.1. The van der Waals surface area contributed by atoms with Gasteiger partial charge in [-0.2, -0.15) is 52.7 Å². The molecule has 3 amide bonds. The molecule has 2 rings (SSSR count). The van der Waals surface area contributed by atoms with E-state index < -0.39 is 97.3 Å². The Balaban J connectivity index is 0.000000626. The molecule has 12 nitrogen and oxygen atoms in total. The summed E-state index contributed by atoms with van der Waals surface area (Å²) in [6, 6.07) is -2.51. The highest BCUT2D eigenvalue weighted by molar-refractivity contribution is 5.91. The molecule has 24 heteroatoms. The third-order valence-corrected chi connectivity index (χ3v) is 9.37. The number of nitrogens with one attached hydrogen (secondary N) is 3. The van der Waals surface area contributed by atoms with E-state index in [4.69, 9.17) is 10.5 Å². The number of ether oxygens (including phenoxy) is 3. The minimum atomic E-state index is -5.74. The number of halogens is 12. The average molecular weight is 913 g/mol. The molecular weight excluding hydrogens is 856 g/mol. The van der Waals surface area contributed by atoms with Gasteiger partial charge < -0.3 is 35.9 Å². The number of hydrogen-bond acceptors (Lipinski definition) is 9. The van der Waals surface area contributed by atoms with Crippen LogP contribution in [0.3, 0.4) is 0 Å². The van der Waals surface area contributed by atoms with E-state index in [-0.39, 0.29) is 37.6 Å². The number of Topliss-reactive ketones (excluding diaryl/α,β-unsaturated/α-hetero) is 2. The van der Waals surface area contributed by atoms with Crippen LogP contribution in [-0.4, -0.2) is 110 Å². The second kappa shape index (κ2) is 25.0. The van der Waals surface area contributed by atoms with E-state index in [9.17, 15) is 76.7 Å². The average Bonchev–Trinajstić information content (AvgIpc) is 3.84. The summed E-state index contributed by atoms with van der Waals surface area (Å²) < 4.78 is 164. The number of rotatable bonds is 21. The van der Waals surface area contributed by atoms with Gasteiger partial charge in [-0.3, -0.25) is 19.2 Å². The number of amides is 3. The maximum atomic E-state index is 12.7. The Hall–Kier alpha value is -3.41. The van der Waals surface area contributed by atoms with Gasteiger partial charge in [0.15, 0.2) is 11.6 Å². The van der Waals surface area contributed by atoms with Crippen molar-refractivity contribution in [3.8, 4) is 0 Å². The Morgan fingerprint density at radius 1 is 0.574 bits per heavy atom. The quantitative estimate of drug-likeness (QED) is 0.0681. The SMILES string of the molecule is CC(C)(C)OC(=O)NCCCC[C@H](NC(=O)C1CCCC1)C(=O)COC(C(F)(F)F)C(F)(F)F.NCCCC[C@H](NC(=O)C1CCCC1)C(=O)COC(C(F)(F)F)C(F)(F)F. The monoisotopic (exact) mass is 912 g/mol. The number of alkyl halides is 12. The van der Waals surface area contributed by atoms with Gasteiger partial charge in [0.2, 0.25) is 24.0 Å². The lowest BCUT2D eigenvalue weighted by Crippen LogP contribution is -2.48. The molecule has 2 atom stereocenters. The highest BCUT2D eigenvalue weighted by atomic mass is 19.4. The van der Waals surface area contributed by atoms with Gasteiger partial charge in [0.05, 0.1) is 12.1 Å². The fraction of sp³-hybridized carbons (Fsp3) is 0.865. The van der Waals surface area contributed by atoms with Crippen LogP contribution in [0.4, 0.5) is 57.5 Å². The molecule has 0 aromatic heterocycles. The number of alkyl carbamates (subject to hydrolysis) is 1. The van der Waals surface area contributed by atoms with Crippen LogP contribution < -0.4 is 21.7 Å². The standard InChI is InChI=1S/C21H32F6N2O5.C16H24F6N2O3/c1-19(2,3)34-18(32)28-11-7-6-10-14(29-16(31)13-8-4-5-9-13)15(30)12-33-17(20(22,23)24)21(25,26)27;17-15(18,19)14(16(20,21)22)27-9-12(25)11(7-3-4-8-23)24-13(26)10-5-1-2-6-10/h13-14,17H,4-12H2,1-3H3,(H,28,32)(H,29,31);10-11,14H,1-9,23H2,(H,24,26)/t14-;11-/m00/s1. The second-order valence-corrected chi connectivity index (χ2v) is 15.8. The van der Waals surface area contributed by atoms with Crippen molar-refractivity contribution >= 4 is 29.5 Å². The van der Waals surface area contributed by atoms with Crippen LogP contribution in [0, 0.1) is 11.8 Å². The molecule has 0 saturated heterocycles. The van der Waals surface area contributed by atoms with E-state index in [1.54, 1.807) is 20.8 Å². The largest absolute Gasteiger partial charge is 0.444 e. The van der Waals surface area contributed by atoms with Crippen molar-refractivity contribution in [1.82, 2.24) is 16.0 Å². The molecule has 0 spiro atoms. The van der Waals surface area contributed by atoms with Crippen molar-refractivity contribution in [2.24, 2.45) is 17.6 Å². The molecule has 2 aliphatic rings. The first kappa shape index (κ1) is 55.6. The molecule has 0 aromatic carbocycles. The van der Waals surface area contributed by atoms with Crippen molar-refractivity contribution in [2.75, 3.05) is 26.3 Å². The topological polar surface area (TPSA) is 175 Å². The highest BCUT2D eigenvalue weighted by Crippen LogP contribution is 2.37. The van der Waals surface area contributed by atoms with E-state index >= 15 is 0 Å². The zero-order valence-electron chi connectivity index (χ0n) is 34.1. The van der Waals surface area contributed by atoms with Crippen molar-refractivity contribution in [3.05, 3.63) is 0 Å². The Bertz CT molecular complexity index is 1350. The van der Waals surface area contributed by atoms with Gasteiger partial charge in [-0.1, -0.05) is 25.7 Å². The molecule has 0 aliphatic heterocycles. The van der Waals surface area contributed by atoms with Crippen LogP contribution in [-0.2, 0) is 33.4 Å². The number of carbonyl (C=O) groups is 5. The number of nitrogens with two attached hydrogens (primary N) is 1. The summed E-state index contributed by atoms with van der Waals surface area (Å²) in [5.74, 6) is -3.66. The maximum Gasteiger partial charge on any atom is 0.423 e. The van der Waals surface area contributed by atoms with Gasteiger partial charge in [0.25, 0.3) is 0 Å². The first-order valence-electron chi connectivity index (χ1n) is 19.8. The molecule has 0 aromatic rings. The van der Waals surface area contributed by atoms with Gasteiger partial charge in [-0.25, -0.2) is 4.79 Å². The van der Waals surface area contributed by atoms with Gasteiger partial charge >= 0.3 is 30.8 Å². The van der Waals surface area contributed by atoms with E-state index in [2.05, 4.69) is 25.4 Å². The van der Waals surface area contributed by atoms with Crippen LogP contribution in [0.15, 0.2) is 0 Å². The van der Waals surface area contributed by atoms with E-state index in [0.29, 0.717) is 51.5 Å². The Morgan fingerprint density at radius 2 is 0.918 bits per heavy atom. The summed E-state index contributed by atoms with van der Waals surface area (Å²) in [4.78, 5) is 60.7. The molecule has 2 saturated carbocycles. The molecule has 0 bridgehead atoms. The predicted molar refractivity (Wildman–Crippen MR) is 192 cm³/mol. The first-order chi connectivity index (χ1) is 28.0. The maximum absolute atomic E-state index is 12.7. The summed E-state index contributed by atoms with van der Waals surface area (Å²) in [6.07, 6.45) is -24.4. The normalized spacial score (nSPS) is 16.8. The Labute approximate surface area is 345 Å². The molecular formula is C37H56F12N4O8. The number of carbonyl (C=O) groups excluding carboxylic acids is 5. The number of unbranched alkanes of at least 4 members (excludes halogenated alkanes) is 2. The van der Waals surface area contributed by atoms with E-state index in [1.165, 1.54) is 0 Å². The summed E-state index contributed by atoms with van der Waals surface area (Å²) in [5, 5.41) is 7.39. The van der Waals surface area contributed by atoms with Crippen LogP contribution >= 0.6 is 0 Å². The van der Waals surface area contributed by atoms with Crippen LogP contribution in [0.25, 0.3) is 0 Å². The van der Waals surface area contributed by atoms with Crippen molar-refractivity contribution in [2.45, 2.75) is 165 Å². The summed E-state index contributed by atoms with van der Waals surface area (Å²) in [6.45, 7) is 2.64. The second-order valence-electron chi connectivity index (χ2n) is 15.8. The molecule has 0 radical (unpaired) electrons. The third-order valence-electron chi connectivity index (χ3n) is 9.37. The van der Waals surface area contributed by atoms with Crippen LogP contribution in [0.5, 0.6) is 0 Å². The predicted octanol–water partition coefficient (Wildman–Crippen LogP) is 7.30. The van der Waals surface area contributed by atoms with Crippen molar-refractivity contribution < 1.29 is 90.9 Å². The van der Waals surface area contributed by atoms with Crippen molar-refractivity contribution in [1.29, 1.82) is 0 Å². The minimum absolute atomic E-state index is 0.0423. The van der Waals surface area contributed by atoms with Crippen LogP contribution in [0.2, 0.25) is 0 Å². The molecule has 61 heavy (non-hydrogen) atoms. The zero-order chi connectivity index (χ0) is 46.8. The Kier molecular flexibility index (Phi) is 22.8. The lowest BCUT2D eigenvalue weighted by atomic mass is 10.0.